The maximum atomic E-state index is 3.39. The van der Waals surface area contributed by atoms with Crippen LogP contribution in [0.25, 0.3) is 0 Å². The molecule has 0 aromatic carbocycles. The summed E-state index contributed by atoms with van der Waals surface area (Å²) in [5.74, 6) is 1.04. The predicted molar refractivity (Wildman–Crippen MR) is 72.8 cm³/mol. The largest absolute Gasteiger partial charge is 0.317 e. The van der Waals surface area contributed by atoms with Crippen LogP contribution in [0.5, 0.6) is 0 Å². The van der Waals surface area contributed by atoms with Gasteiger partial charge in [-0.1, -0.05) is 64.7 Å². The van der Waals surface area contributed by atoms with E-state index in [0.717, 1.165) is 5.92 Å². The van der Waals surface area contributed by atoms with E-state index in [0.29, 0.717) is 0 Å². The highest BCUT2D eigenvalue weighted by Crippen LogP contribution is 2.18. The fourth-order valence-corrected chi connectivity index (χ4v) is 2.72. The summed E-state index contributed by atoms with van der Waals surface area (Å²) in [5, 5.41) is 3.39. The highest BCUT2D eigenvalue weighted by atomic mass is 14.9. The van der Waals surface area contributed by atoms with Gasteiger partial charge in [-0.25, -0.2) is 0 Å². The van der Waals surface area contributed by atoms with Crippen molar-refractivity contribution >= 4 is 0 Å². The number of nitrogens with one attached hydrogen (secondary N) is 1. The van der Waals surface area contributed by atoms with Crippen LogP contribution >= 0.6 is 0 Å². The van der Waals surface area contributed by atoms with Gasteiger partial charge in [0.15, 0.2) is 0 Å². The van der Waals surface area contributed by atoms with E-state index in [1.807, 2.05) is 0 Å². The van der Waals surface area contributed by atoms with Crippen LogP contribution < -0.4 is 5.32 Å². The Hall–Kier alpha value is -0.0400. The van der Waals surface area contributed by atoms with E-state index in [1.165, 1.54) is 83.7 Å². The van der Waals surface area contributed by atoms with Gasteiger partial charge in [-0.15, -0.1) is 0 Å². The lowest BCUT2D eigenvalue weighted by Crippen LogP contribution is -2.27. The third-order valence-electron chi connectivity index (χ3n) is 3.92. The SMILES string of the molecule is C1CCCCC1.CCCCC1CCNCC1. The molecule has 2 fully saturated rings. The standard InChI is InChI=1S/C9H19N.C6H12/c1-2-3-4-9-5-7-10-8-6-9;1-2-4-6-5-3-1/h9-10H,2-8H2,1H3;1-6H2. The average molecular weight is 225 g/mol. The Morgan fingerprint density at radius 1 is 0.875 bits per heavy atom. The van der Waals surface area contributed by atoms with Crippen molar-refractivity contribution < 1.29 is 0 Å². The monoisotopic (exact) mass is 225 g/mol. The fourth-order valence-electron chi connectivity index (χ4n) is 2.72. The summed E-state index contributed by atoms with van der Waals surface area (Å²) in [4.78, 5) is 0. The Labute approximate surface area is 102 Å². The Morgan fingerprint density at radius 3 is 1.81 bits per heavy atom. The molecule has 1 nitrogen and oxygen atoms in total. The molecule has 1 saturated carbocycles. The molecule has 1 heterocycles. The van der Waals surface area contributed by atoms with Crippen molar-refractivity contribution in [3.05, 3.63) is 0 Å². The van der Waals surface area contributed by atoms with E-state index in [4.69, 9.17) is 0 Å². The Morgan fingerprint density at radius 2 is 1.38 bits per heavy atom. The molecule has 0 aromatic rings. The van der Waals surface area contributed by atoms with Gasteiger partial charge in [0.1, 0.15) is 0 Å². The van der Waals surface area contributed by atoms with Crippen molar-refractivity contribution in [1.29, 1.82) is 0 Å². The van der Waals surface area contributed by atoms with Crippen LogP contribution in [0.3, 0.4) is 0 Å². The number of unbranched alkanes of at least 4 members (excludes halogenated alkanes) is 1. The topological polar surface area (TPSA) is 12.0 Å². The first-order valence-electron chi connectivity index (χ1n) is 7.64. The van der Waals surface area contributed by atoms with Crippen LogP contribution in [0.1, 0.15) is 77.6 Å². The first-order chi connectivity index (χ1) is 7.93. The molecule has 1 N–H and O–H groups in total. The van der Waals surface area contributed by atoms with Gasteiger partial charge in [-0.05, 0) is 31.8 Å². The summed E-state index contributed by atoms with van der Waals surface area (Å²) < 4.78 is 0. The van der Waals surface area contributed by atoms with Gasteiger partial charge in [0.2, 0.25) is 0 Å². The Balaban J connectivity index is 0.000000181. The summed E-state index contributed by atoms with van der Waals surface area (Å²) >= 11 is 0. The molecule has 2 aliphatic rings. The maximum Gasteiger partial charge on any atom is -0.00463 e. The fraction of sp³-hybridized carbons (Fsp3) is 1.00. The Kier molecular flexibility index (Phi) is 8.88. The molecule has 2 rings (SSSR count). The number of hydrogen-bond donors (Lipinski definition) is 1. The summed E-state index contributed by atoms with van der Waals surface area (Å²) in [5.41, 5.74) is 0. The minimum absolute atomic E-state index is 1.04. The van der Waals surface area contributed by atoms with Crippen molar-refractivity contribution in [1.82, 2.24) is 5.32 Å². The minimum Gasteiger partial charge on any atom is -0.317 e. The van der Waals surface area contributed by atoms with E-state index in [9.17, 15) is 0 Å². The zero-order chi connectivity index (χ0) is 11.5. The lowest BCUT2D eigenvalue weighted by molar-refractivity contribution is 0.346. The molecule has 1 heteroatoms. The van der Waals surface area contributed by atoms with E-state index in [1.54, 1.807) is 0 Å². The van der Waals surface area contributed by atoms with Gasteiger partial charge in [0, 0.05) is 0 Å². The second-order valence-electron chi connectivity index (χ2n) is 5.46. The van der Waals surface area contributed by atoms with E-state index in [2.05, 4.69) is 12.2 Å². The molecular weight excluding hydrogens is 194 g/mol. The zero-order valence-electron chi connectivity index (χ0n) is 11.3. The van der Waals surface area contributed by atoms with Crippen LogP contribution in [0.15, 0.2) is 0 Å². The molecule has 0 aromatic heterocycles. The van der Waals surface area contributed by atoms with Gasteiger partial charge < -0.3 is 5.32 Å². The normalized spacial score (nSPS) is 22.3. The highest BCUT2D eigenvalue weighted by Gasteiger charge is 2.11. The molecule has 0 unspecified atom stereocenters. The second kappa shape index (κ2) is 10.1. The molecule has 0 amide bonds. The zero-order valence-corrected chi connectivity index (χ0v) is 11.3. The Bertz CT molecular complexity index is 123. The summed E-state index contributed by atoms with van der Waals surface area (Å²) in [6.07, 6.45) is 16.1. The molecule has 1 saturated heterocycles. The highest BCUT2D eigenvalue weighted by molar-refractivity contribution is 4.67. The van der Waals surface area contributed by atoms with Crippen LogP contribution in [-0.2, 0) is 0 Å². The van der Waals surface area contributed by atoms with E-state index >= 15 is 0 Å². The summed E-state index contributed by atoms with van der Waals surface area (Å²) in [6.45, 7) is 4.80. The number of hydrogen-bond acceptors (Lipinski definition) is 1. The minimum atomic E-state index is 1.04. The first-order valence-corrected chi connectivity index (χ1v) is 7.64. The van der Waals surface area contributed by atoms with Gasteiger partial charge in [0.05, 0.1) is 0 Å². The molecule has 16 heavy (non-hydrogen) atoms. The van der Waals surface area contributed by atoms with Crippen LogP contribution in [0.4, 0.5) is 0 Å². The molecule has 0 atom stereocenters. The first kappa shape index (κ1) is 14.0. The maximum absolute atomic E-state index is 3.39. The molecule has 1 aliphatic heterocycles. The van der Waals surface area contributed by atoms with Gasteiger partial charge in [-0.3, -0.25) is 0 Å². The van der Waals surface area contributed by atoms with Crippen LogP contribution in [0, 0.1) is 5.92 Å². The van der Waals surface area contributed by atoms with Gasteiger partial charge in [-0.2, -0.15) is 0 Å². The molecule has 1 aliphatic carbocycles. The molecular formula is C15H31N. The van der Waals surface area contributed by atoms with Crippen molar-refractivity contribution in [3.8, 4) is 0 Å². The van der Waals surface area contributed by atoms with Crippen molar-refractivity contribution in [2.75, 3.05) is 13.1 Å². The molecule has 96 valence electrons. The van der Waals surface area contributed by atoms with Crippen molar-refractivity contribution in [2.24, 2.45) is 5.92 Å². The quantitative estimate of drug-likeness (QED) is 0.745. The van der Waals surface area contributed by atoms with Gasteiger partial charge >= 0.3 is 0 Å². The van der Waals surface area contributed by atoms with Crippen molar-refractivity contribution in [2.45, 2.75) is 77.6 Å². The third kappa shape index (κ3) is 7.27. The van der Waals surface area contributed by atoms with E-state index in [-0.39, 0.29) is 0 Å². The molecule has 0 radical (unpaired) electrons. The molecule has 0 spiro atoms. The number of rotatable bonds is 3. The molecule has 0 bridgehead atoms. The predicted octanol–water partition coefficient (Wildman–Crippen LogP) is 4.52. The lowest BCUT2D eigenvalue weighted by atomic mass is 9.93. The van der Waals surface area contributed by atoms with E-state index < -0.39 is 0 Å². The summed E-state index contributed by atoms with van der Waals surface area (Å²) in [6, 6.07) is 0. The average Bonchev–Trinajstić information content (AvgIpc) is 2.40. The van der Waals surface area contributed by atoms with Gasteiger partial charge in [0.25, 0.3) is 0 Å². The number of piperidine rings is 1. The summed E-state index contributed by atoms with van der Waals surface area (Å²) in [7, 11) is 0. The van der Waals surface area contributed by atoms with Crippen LogP contribution in [-0.4, -0.2) is 13.1 Å². The van der Waals surface area contributed by atoms with Crippen LogP contribution in [0.2, 0.25) is 0 Å². The smallest absolute Gasteiger partial charge is 0.00463 e. The third-order valence-corrected chi connectivity index (χ3v) is 3.92. The lowest BCUT2D eigenvalue weighted by Gasteiger charge is -2.21. The second-order valence-corrected chi connectivity index (χ2v) is 5.46. The van der Waals surface area contributed by atoms with Crippen molar-refractivity contribution in [3.63, 3.8) is 0 Å².